The molecule has 3 heterocycles. The molecule has 2 aliphatic rings. The first kappa shape index (κ1) is 19.1. The minimum absolute atomic E-state index is 0.0582. The Balaban J connectivity index is 1.23. The molecule has 1 saturated carbocycles. The number of carbonyl (C=O) groups excluding carboxylic acids is 2. The number of nitrogens with zero attached hydrogens (tertiary/aromatic N) is 4. The van der Waals surface area contributed by atoms with Gasteiger partial charge in [-0.1, -0.05) is 12.8 Å². The van der Waals surface area contributed by atoms with Crippen molar-refractivity contribution < 1.29 is 9.59 Å². The summed E-state index contributed by atoms with van der Waals surface area (Å²) in [6, 6.07) is 0. The van der Waals surface area contributed by atoms with Gasteiger partial charge in [-0.25, -0.2) is 4.98 Å². The maximum absolute atomic E-state index is 12.5. The number of aromatic nitrogens is 2. The van der Waals surface area contributed by atoms with Gasteiger partial charge in [0, 0.05) is 63.0 Å². The lowest BCUT2D eigenvalue weighted by molar-refractivity contribution is -0.137. The molecule has 0 bridgehead atoms. The average Bonchev–Trinajstić information content (AvgIpc) is 3.40. The van der Waals surface area contributed by atoms with Crippen molar-refractivity contribution in [3.63, 3.8) is 0 Å². The molecule has 1 aliphatic carbocycles. The van der Waals surface area contributed by atoms with Gasteiger partial charge in [-0.15, -0.1) is 11.3 Å². The minimum atomic E-state index is -0.395. The molecule has 1 saturated heterocycles. The Bertz CT molecular complexity index is 910. The van der Waals surface area contributed by atoms with Gasteiger partial charge in [0.1, 0.15) is 5.56 Å². The van der Waals surface area contributed by atoms with Crippen molar-refractivity contribution in [3.05, 3.63) is 33.7 Å². The molecule has 0 unspecified atom stereocenters. The van der Waals surface area contributed by atoms with Crippen molar-refractivity contribution >= 4 is 28.1 Å². The fourth-order valence-electron chi connectivity index (χ4n) is 4.03. The number of hydrogen-bond acceptors (Lipinski definition) is 6. The smallest absolute Gasteiger partial charge is 0.271 e. The number of hydrogen-bond donors (Lipinski definition) is 1. The van der Waals surface area contributed by atoms with Crippen LogP contribution >= 0.6 is 11.3 Å². The molecule has 28 heavy (non-hydrogen) atoms. The maximum Gasteiger partial charge on any atom is 0.271 e. The highest BCUT2D eigenvalue weighted by molar-refractivity contribution is 7.15. The van der Waals surface area contributed by atoms with Gasteiger partial charge in [0.15, 0.2) is 4.96 Å². The fraction of sp³-hybridized carbons (Fsp3) is 0.579. The van der Waals surface area contributed by atoms with E-state index in [0.717, 1.165) is 39.0 Å². The summed E-state index contributed by atoms with van der Waals surface area (Å²) in [7, 11) is 0. The molecule has 1 N–H and O–H groups in total. The zero-order valence-electron chi connectivity index (χ0n) is 15.8. The van der Waals surface area contributed by atoms with E-state index in [4.69, 9.17) is 0 Å². The second-order valence-corrected chi connectivity index (χ2v) is 8.31. The summed E-state index contributed by atoms with van der Waals surface area (Å²) in [5.74, 6) is 0.162. The quantitative estimate of drug-likeness (QED) is 0.799. The highest BCUT2D eigenvalue weighted by atomic mass is 32.1. The molecular formula is C19H25N5O3S. The van der Waals surface area contributed by atoms with Crippen LogP contribution in [0.4, 0.5) is 0 Å². The van der Waals surface area contributed by atoms with Gasteiger partial charge in [-0.3, -0.25) is 23.7 Å². The van der Waals surface area contributed by atoms with Gasteiger partial charge < -0.3 is 10.2 Å². The summed E-state index contributed by atoms with van der Waals surface area (Å²) in [6.45, 7) is 4.30. The fourth-order valence-corrected chi connectivity index (χ4v) is 4.70. The Labute approximate surface area is 167 Å². The van der Waals surface area contributed by atoms with Gasteiger partial charge in [0.2, 0.25) is 5.91 Å². The highest BCUT2D eigenvalue weighted by Crippen LogP contribution is 2.26. The second kappa shape index (κ2) is 8.40. The molecule has 150 valence electrons. The van der Waals surface area contributed by atoms with Gasteiger partial charge in [-0.2, -0.15) is 0 Å². The van der Waals surface area contributed by atoms with Crippen molar-refractivity contribution in [2.45, 2.75) is 25.7 Å². The van der Waals surface area contributed by atoms with E-state index in [9.17, 15) is 14.4 Å². The minimum Gasteiger partial charge on any atom is -0.351 e. The van der Waals surface area contributed by atoms with Crippen molar-refractivity contribution in [3.8, 4) is 0 Å². The number of amides is 2. The molecule has 2 aromatic rings. The van der Waals surface area contributed by atoms with Gasteiger partial charge in [-0.05, 0) is 12.8 Å². The summed E-state index contributed by atoms with van der Waals surface area (Å²) in [4.78, 5) is 46.1. The second-order valence-electron chi connectivity index (χ2n) is 7.44. The van der Waals surface area contributed by atoms with E-state index in [1.807, 2.05) is 4.90 Å². The molecule has 1 aliphatic heterocycles. The van der Waals surface area contributed by atoms with Crippen LogP contribution in [0.2, 0.25) is 0 Å². The third kappa shape index (κ3) is 3.95. The highest BCUT2D eigenvalue weighted by Gasteiger charge is 2.29. The molecule has 4 rings (SSSR count). The monoisotopic (exact) mass is 403 g/mol. The normalized spacial score (nSPS) is 18.6. The third-order valence-electron chi connectivity index (χ3n) is 5.69. The topological polar surface area (TPSA) is 87.0 Å². The van der Waals surface area contributed by atoms with E-state index in [-0.39, 0.29) is 17.0 Å². The van der Waals surface area contributed by atoms with Crippen LogP contribution in [0.5, 0.6) is 0 Å². The van der Waals surface area contributed by atoms with E-state index < -0.39 is 5.91 Å². The number of piperazine rings is 1. The predicted molar refractivity (Wildman–Crippen MR) is 107 cm³/mol. The van der Waals surface area contributed by atoms with Crippen LogP contribution < -0.4 is 10.9 Å². The number of nitrogens with one attached hydrogen (secondary N) is 1. The van der Waals surface area contributed by atoms with Gasteiger partial charge >= 0.3 is 0 Å². The van der Waals surface area contributed by atoms with Crippen LogP contribution in [0, 0.1) is 5.92 Å². The molecule has 2 aromatic heterocycles. The van der Waals surface area contributed by atoms with E-state index in [2.05, 4.69) is 15.2 Å². The van der Waals surface area contributed by atoms with Crippen molar-refractivity contribution in [1.29, 1.82) is 0 Å². The van der Waals surface area contributed by atoms with Crippen LogP contribution in [0.15, 0.2) is 22.6 Å². The molecule has 2 amide bonds. The Morgan fingerprint density at radius 2 is 1.93 bits per heavy atom. The zero-order chi connectivity index (χ0) is 19.5. The molecule has 0 spiro atoms. The molecule has 2 fully saturated rings. The van der Waals surface area contributed by atoms with E-state index >= 15 is 0 Å². The van der Waals surface area contributed by atoms with Crippen LogP contribution in [0.1, 0.15) is 36.0 Å². The average molecular weight is 404 g/mol. The van der Waals surface area contributed by atoms with Crippen molar-refractivity contribution in [2.24, 2.45) is 5.92 Å². The first-order valence-electron chi connectivity index (χ1n) is 9.87. The number of carbonyl (C=O) groups is 2. The van der Waals surface area contributed by atoms with E-state index in [1.54, 1.807) is 11.6 Å². The lowest BCUT2D eigenvalue weighted by atomic mass is 10.1. The zero-order valence-corrected chi connectivity index (χ0v) is 16.6. The molecule has 0 atom stereocenters. The summed E-state index contributed by atoms with van der Waals surface area (Å²) in [6.07, 6.45) is 7.40. The largest absolute Gasteiger partial charge is 0.351 e. The molecule has 0 radical (unpaired) electrons. The lowest BCUT2D eigenvalue weighted by Crippen LogP contribution is -2.51. The first-order valence-corrected chi connectivity index (χ1v) is 10.8. The summed E-state index contributed by atoms with van der Waals surface area (Å²) in [5.41, 5.74) is -0.286. The molecule has 0 aromatic carbocycles. The van der Waals surface area contributed by atoms with Crippen LogP contribution in [-0.4, -0.2) is 70.3 Å². The SMILES string of the molecule is O=C(NCCN1CCN(C(=O)C2CCCC2)CC1)c1cnc2sccn2c1=O. The number of fused-ring (bicyclic) bond motifs is 1. The summed E-state index contributed by atoms with van der Waals surface area (Å²) >= 11 is 1.35. The molecule has 9 heteroatoms. The molecule has 8 nitrogen and oxygen atoms in total. The Kier molecular flexibility index (Phi) is 5.72. The van der Waals surface area contributed by atoms with E-state index in [0.29, 0.717) is 24.0 Å². The first-order chi connectivity index (χ1) is 13.6. The van der Waals surface area contributed by atoms with Crippen LogP contribution in [0.25, 0.3) is 4.96 Å². The lowest BCUT2D eigenvalue weighted by Gasteiger charge is -2.36. The standard InChI is InChI=1S/C19H25N5O3S/c25-16(15-13-21-19-24(18(15)27)11-12-28-19)20-5-6-22-7-9-23(10-8-22)17(26)14-3-1-2-4-14/h11-14H,1-10H2,(H,20,25). The Morgan fingerprint density at radius 1 is 1.18 bits per heavy atom. The number of rotatable bonds is 5. The number of thiazole rings is 1. The van der Waals surface area contributed by atoms with Crippen molar-refractivity contribution in [1.82, 2.24) is 24.5 Å². The van der Waals surface area contributed by atoms with Crippen LogP contribution in [0.3, 0.4) is 0 Å². The van der Waals surface area contributed by atoms with Gasteiger partial charge in [0.25, 0.3) is 11.5 Å². The Morgan fingerprint density at radius 3 is 2.68 bits per heavy atom. The molecular weight excluding hydrogens is 378 g/mol. The van der Waals surface area contributed by atoms with Crippen molar-refractivity contribution in [2.75, 3.05) is 39.3 Å². The maximum atomic E-state index is 12.5. The van der Waals surface area contributed by atoms with Crippen LogP contribution in [-0.2, 0) is 4.79 Å². The summed E-state index contributed by atoms with van der Waals surface area (Å²) in [5, 5.41) is 4.58. The summed E-state index contributed by atoms with van der Waals surface area (Å²) < 4.78 is 1.39. The van der Waals surface area contributed by atoms with E-state index in [1.165, 1.54) is 34.8 Å². The van der Waals surface area contributed by atoms with Gasteiger partial charge in [0.05, 0.1) is 0 Å². The predicted octanol–water partition coefficient (Wildman–Crippen LogP) is 0.820. The Hall–Kier alpha value is -2.26. The third-order valence-corrected chi connectivity index (χ3v) is 6.46.